The van der Waals surface area contributed by atoms with E-state index < -0.39 is 5.54 Å². The lowest BCUT2D eigenvalue weighted by molar-refractivity contribution is -0.925. The van der Waals surface area contributed by atoms with Crippen LogP contribution in [0, 0.1) is 0 Å². The SMILES string of the molecule is CCCCCC/C=C\CCCCCCCC(=O)OCC(COC(=O)CCCCCCC/C=C\CCCCCC)(COC(=O)CCCCCCC/C=C\CCCCCC)[N+](C)(C)C.[Cl-]. The lowest BCUT2D eigenvalue weighted by Gasteiger charge is -2.44. The van der Waals surface area contributed by atoms with E-state index >= 15 is 0 Å². The lowest BCUT2D eigenvalue weighted by Crippen LogP contribution is -3.00. The summed E-state index contributed by atoms with van der Waals surface area (Å²) in [4.78, 5) is 39.1. The number of rotatable bonds is 46. The number of carbonyl (C=O) groups is 3. The van der Waals surface area contributed by atoms with Gasteiger partial charge in [0, 0.05) is 19.3 Å². The predicted octanol–water partition coefficient (Wildman–Crippen LogP) is 12.8. The van der Waals surface area contributed by atoms with Crippen molar-refractivity contribution >= 4 is 17.9 Å². The van der Waals surface area contributed by atoms with Gasteiger partial charge in [-0.3, -0.25) is 14.4 Å². The van der Waals surface area contributed by atoms with Crippen molar-refractivity contribution in [2.24, 2.45) is 0 Å². The van der Waals surface area contributed by atoms with Crippen molar-refractivity contribution in [3.05, 3.63) is 36.5 Å². The molecule has 0 aliphatic rings. The Kier molecular flexibility index (Phi) is 46.4. The van der Waals surface area contributed by atoms with Crippen molar-refractivity contribution in [3.8, 4) is 0 Å². The molecule has 8 heteroatoms. The first-order chi connectivity index (χ1) is 30.1. The maximum Gasteiger partial charge on any atom is 0.306 e. The average Bonchev–Trinajstić information content (AvgIpc) is 3.25. The molecule has 0 aromatic carbocycles. The molecule has 0 N–H and O–H groups in total. The van der Waals surface area contributed by atoms with Crippen molar-refractivity contribution < 1.29 is 45.5 Å². The third-order valence-electron chi connectivity index (χ3n) is 12.4. The van der Waals surface area contributed by atoms with E-state index in [-0.39, 0.29) is 50.1 Å². The summed E-state index contributed by atoms with van der Waals surface area (Å²) in [5.41, 5.74) is -0.919. The standard InChI is InChI=1S/C55H102NO6.ClH/c1-7-10-13-16-19-22-25-28-31-34-37-40-43-46-52(57)60-49-55(56(4,5)6,50-61-53(58)47-44-41-38-35-32-29-26-23-20-17-14-11-8-2)51-62-54(59)48-45-42-39-36-33-30-27-24-21-18-15-12-9-3;/h22-27H,7-21,28-51H2,1-6H3;1H/q+1;/p-1/b25-22-,26-23-,27-24-;. The van der Waals surface area contributed by atoms with E-state index in [1.54, 1.807) is 0 Å². The minimum absolute atomic E-state index is 0. The molecule has 0 unspecified atom stereocenters. The summed E-state index contributed by atoms with van der Waals surface area (Å²) in [7, 11) is 5.96. The quantitative estimate of drug-likeness (QED) is 0.0199. The number of ether oxygens (including phenoxy) is 3. The zero-order chi connectivity index (χ0) is 45.7. The first kappa shape index (κ1) is 63.0. The minimum Gasteiger partial charge on any atom is -1.00 e. The highest BCUT2D eigenvalue weighted by atomic mass is 35.5. The molecule has 0 aliphatic heterocycles. The molecular formula is C55H102ClNO6. The Labute approximate surface area is 396 Å². The fourth-order valence-corrected chi connectivity index (χ4v) is 7.53. The van der Waals surface area contributed by atoms with E-state index in [2.05, 4.69) is 57.2 Å². The molecule has 0 spiro atoms. The molecule has 0 aromatic heterocycles. The van der Waals surface area contributed by atoms with Gasteiger partial charge in [0.2, 0.25) is 5.54 Å². The fourth-order valence-electron chi connectivity index (χ4n) is 7.53. The summed E-state index contributed by atoms with van der Waals surface area (Å²) in [6, 6.07) is 0. The van der Waals surface area contributed by atoms with Crippen molar-refractivity contribution in [3.63, 3.8) is 0 Å². The summed E-state index contributed by atoms with van der Waals surface area (Å²) < 4.78 is 18.1. The molecule has 0 fully saturated rings. The topological polar surface area (TPSA) is 78.9 Å². The number of halogens is 1. The highest BCUT2D eigenvalue weighted by molar-refractivity contribution is 5.70. The van der Waals surface area contributed by atoms with Gasteiger partial charge in [-0.15, -0.1) is 0 Å². The normalized spacial score (nSPS) is 12.1. The van der Waals surface area contributed by atoms with Crippen LogP contribution in [-0.2, 0) is 28.6 Å². The Morgan fingerprint density at radius 3 is 0.778 bits per heavy atom. The van der Waals surface area contributed by atoms with Crippen molar-refractivity contribution in [2.45, 2.75) is 257 Å². The Bertz CT molecular complexity index is 1000. The third-order valence-corrected chi connectivity index (χ3v) is 12.4. The van der Waals surface area contributed by atoms with E-state index in [4.69, 9.17) is 14.2 Å². The molecule has 0 amide bonds. The predicted molar refractivity (Wildman–Crippen MR) is 264 cm³/mol. The lowest BCUT2D eigenvalue weighted by atomic mass is 9.98. The van der Waals surface area contributed by atoms with E-state index in [0.717, 1.165) is 77.0 Å². The van der Waals surface area contributed by atoms with E-state index in [1.807, 2.05) is 21.1 Å². The number of likely N-dealkylation sites (N-methyl/N-ethyl adjacent to an activating group) is 1. The maximum absolute atomic E-state index is 13.0. The van der Waals surface area contributed by atoms with Crippen LogP contribution in [0.2, 0.25) is 0 Å². The van der Waals surface area contributed by atoms with Gasteiger partial charge in [-0.1, -0.05) is 173 Å². The monoisotopic (exact) mass is 908 g/mol. The van der Waals surface area contributed by atoms with Crippen LogP contribution in [-0.4, -0.2) is 68.9 Å². The van der Waals surface area contributed by atoms with Gasteiger partial charge in [0.1, 0.15) is 0 Å². The van der Waals surface area contributed by atoms with E-state index in [0.29, 0.717) is 23.7 Å². The summed E-state index contributed by atoms with van der Waals surface area (Å²) in [5, 5.41) is 0. The number of unbranched alkanes of at least 4 members (excludes halogenated alkanes) is 27. The summed E-state index contributed by atoms with van der Waals surface area (Å²) in [6.07, 6.45) is 53.5. The van der Waals surface area contributed by atoms with Gasteiger partial charge in [-0.25, -0.2) is 0 Å². The number of quaternary nitrogens is 1. The zero-order valence-corrected chi connectivity index (χ0v) is 43.1. The highest BCUT2D eigenvalue weighted by Crippen LogP contribution is 2.24. The summed E-state index contributed by atoms with van der Waals surface area (Å²) >= 11 is 0. The van der Waals surface area contributed by atoms with Crippen LogP contribution in [0.5, 0.6) is 0 Å². The first-order valence-corrected chi connectivity index (χ1v) is 26.3. The van der Waals surface area contributed by atoms with Crippen LogP contribution in [0.3, 0.4) is 0 Å². The van der Waals surface area contributed by atoms with Crippen LogP contribution in [0.15, 0.2) is 36.5 Å². The van der Waals surface area contributed by atoms with Gasteiger partial charge in [0.25, 0.3) is 0 Å². The molecule has 0 saturated heterocycles. The van der Waals surface area contributed by atoms with Crippen molar-refractivity contribution in [1.29, 1.82) is 0 Å². The summed E-state index contributed by atoms with van der Waals surface area (Å²) in [6.45, 7) is 6.79. The second-order valence-electron chi connectivity index (χ2n) is 19.1. The van der Waals surface area contributed by atoms with Gasteiger partial charge in [0.15, 0.2) is 19.8 Å². The minimum atomic E-state index is -0.919. The number of carbonyl (C=O) groups excluding carboxylic acids is 3. The van der Waals surface area contributed by atoms with Crippen LogP contribution < -0.4 is 12.4 Å². The van der Waals surface area contributed by atoms with Gasteiger partial charge in [0.05, 0.1) is 21.1 Å². The molecule has 0 aliphatic carbocycles. The average molecular weight is 909 g/mol. The zero-order valence-electron chi connectivity index (χ0n) is 42.3. The van der Waals surface area contributed by atoms with Gasteiger partial charge in [-0.2, -0.15) is 0 Å². The van der Waals surface area contributed by atoms with E-state index in [1.165, 1.54) is 135 Å². The fraction of sp³-hybridized carbons (Fsp3) is 0.836. The Morgan fingerprint density at radius 1 is 0.349 bits per heavy atom. The van der Waals surface area contributed by atoms with Crippen LogP contribution in [0.25, 0.3) is 0 Å². The maximum atomic E-state index is 13.0. The molecule has 0 rings (SSSR count). The van der Waals surface area contributed by atoms with Crippen LogP contribution in [0.4, 0.5) is 0 Å². The Morgan fingerprint density at radius 2 is 0.556 bits per heavy atom. The highest BCUT2D eigenvalue weighted by Gasteiger charge is 2.47. The third kappa shape index (κ3) is 41.1. The van der Waals surface area contributed by atoms with Gasteiger partial charge in [-0.05, 0) is 96.3 Å². The molecule has 0 bridgehead atoms. The molecule has 0 heterocycles. The number of nitrogens with zero attached hydrogens (tertiary/aromatic N) is 1. The van der Waals surface area contributed by atoms with Crippen molar-refractivity contribution in [1.82, 2.24) is 0 Å². The molecule has 0 saturated carbocycles. The number of esters is 3. The second kappa shape index (κ2) is 46.4. The Hall–Kier alpha value is -2.12. The number of allylic oxidation sites excluding steroid dienone is 6. The second-order valence-corrected chi connectivity index (χ2v) is 19.1. The Balaban J connectivity index is 0. The van der Waals surface area contributed by atoms with E-state index in [9.17, 15) is 14.4 Å². The molecular weight excluding hydrogens is 806 g/mol. The molecule has 7 nitrogen and oxygen atoms in total. The number of hydrogen-bond donors (Lipinski definition) is 0. The van der Waals surface area contributed by atoms with Crippen LogP contribution in [0.1, 0.15) is 252 Å². The molecule has 63 heavy (non-hydrogen) atoms. The molecule has 0 atom stereocenters. The van der Waals surface area contributed by atoms with Crippen molar-refractivity contribution in [2.75, 3.05) is 41.0 Å². The first-order valence-electron chi connectivity index (χ1n) is 26.3. The van der Waals surface area contributed by atoms with Gasteiger partial charge >= 0.3 is 17.9 Å². The largest absolute Gasteiger partial charge is 1.00 e. The van der Waals surface area contributed by atoms with Crippen LogP contribution >= 0.6 is 0 Å². The van der Waals surface area contributed by atoms with Gasteiger partial charge < -0.3 is 31.1 Å². The molecule has 0 aromatic rings. The summed E-state index contributed by atoms with van der Waals surface area (Å²) in [5.74, 6) is -0.760. The smallest absolute Gasteiger partial charge is 0.306 e. The molecule has 0 radical (unpaired) electrons. The number of hydrogen-bond acceptors (Lipinski definition) is 6. The molecule has 370 valence electrons.